The molecule has 0 aliphatic rings. The second-order valence-corrected chi connectivity index (χ2v) is 5.70. The summed E-state index contributed by atoms with van der Waals surface area (Å²) in [6.45, 7) is 6.47. The minimum Gasteiger partial charge on any atom is -0.391 e. The molecule has 1 N–H and O–H groups in total. The molecule has 0 saturated carbocycles. The van der Waals surface area contributed by atoms with Crippen molar-refractivity contribution in [3.05, 3.63) is 64.3 Å². The highest BCUT2D eigenvalue weighted by Gasteiger charge is 2.11. The predicted molar refractivity (Wildman–Crippen MR) is 93.6 cm³/mol. The van der Waals surface area contributed by atoms with E-state index < -0.39 is 0 Å². The van der Waals surface area contributed by atoms with E-state index in [-0.39, 0.29) is 0 Å². The van der Waals surface area contributed by atoms with E-state index in [1.54, 1.807) is 0 Å². The summed E-state index contributed by atoms with van der Waals surface area (Å²) in [7, 11) is 1.97. The number of rotatable bonds is 4. The fraction of sp³-hybridized carbons (Fsp3) is 0.263. The number of hydrogen-bond donors (Lipinski definition) is 1. The van der Waals surface area contributed by atoms with Crippen molar-refractivity contribution in [1.82, 2.24) is 5.32 Å². The second kappa shape index (κ2) is 6.82. The molecule has 0 unspecified atom stereocenters. The second-order valence-electron chi connectivity index (χ2n) is 5.26. The molecule has 0 aliphatic carbocycles. The van der Waals surface area contributed by atoms with Crippen LogP contribution in [0.2, 0.25) is 5.02 Å². The first-order valence-corrected chi connectivity index (χ1v) is 7.69. The van der Waals surface area contributed by atoms with Crippen LogP contribution in [-0.4, -0.2) is 7.05 Å². The van der Waals surface area contributed by atoms with Crippen molar-refractivity contribution in [3.8, 4) is 11.1 Å². The molecule has 2 heteroatoms. The first kappa shape index (κ1) is 15.7. The summed E-state index contributed by atoms with van der Waals surface area (Å²) in [5.74, 6) is 0. The van der Waals surface area contributed by atoms with Crippen LogP contribution < -0.4 is 5.32 Å². The fourth-order valence-corrected chi connectivity index (χ4v) is 2.72. The predicted octanol–water partition coefficient (Wildman–Crippen LogP) is 5.68. The zero-order valence-electron chi connectivity index (χ0n) is 13.1. The van der Waals surface area contributed by atoms with Crippen molar-refractivity contribution in [1.29, 1.82) is 0 Å². The Morgan fingerprint density at radius 2 is 1.76 bits per heavy atom. The quantitative estimate of drug-likeness (QED) is 0.766. The van der Waals surface area contributed by atoms with Gasteiger partial charge in [-0.05, 0) is 54.7 Å². The van der Waals surface area contributed by atoms with E-state index in [9.17, 15) is 0 Å². The normalized spacial score (nSPS) is 12.0. The third-order valence-electron chi connectivity index (χ3n) is 3.84. The lowest BCUT2D eigenvalue weighted by atomic mass is 9.91. The molecule has 1 nitrogen and oxygen atoms in total. The van der Waals surface area contributed by atoms with Crippen LogP contribution in [0.3, 0.4) is 0 Å². The van der Waals surface area contributed by atoms with Gasteiger partial charge in [-0.3, -0.25) is 0 Å². The summed E-state index contributed by atoms with van der Waals surface area (Å²) >= 11 is 6.01. The highest BCUT2D eigenvalue weighted by molar-refractivity contribution is 6.30. The van der Waals surface area contributed by atoms with E-state index in [1.165, 1.54) is 33.5 Å². The summed E-state index contributed by atoms with van der Waals surface area (Å²) in [5.41, 5.74) is 7.60. The van der Waals surface area contributed by atoms with Gasteiger partial charge in [0.1, 0.15) is 0 Å². The van der Waals surface area contributed by atoms with Crippen LogP contribution in [0.4, 0.5) is 0 Å². The van der Waals surface area contributed by atoms with Gasteiger partial charge in [0.15, 0.2) is 0 Å². The van der Waals surface area contributed by atoms with E-state index in [0.717, 1.165) is 11.4 Å². The number of benzene rings is 2. The first-order valence-electron chi connectivity index (χ1n) is 7.31. The van der Waals surface area contributed by atoms with E-state index in [2.05, 4.69) is 56.4 Å². The van der Waals surface area contributed by atoms with Crippen LogP contribution in [0.5, 0.6) is 0 Å². The molecule has 0 atom stereocenters. The molecule has 2 aromatic rings. The van der Waals surface area contributed by atoms with Crippen molar-refractivity contribution in [2.45, 2.75) is 27.2 Å². The van der Waals surface area contributed by atoms with E-state index >= 15 is 0 Å². The zero-order valence-corrected chi connectivity index (χ0v) is 13.9. The molecule has 110 valence electrons. The topological polar surface area (TPSA) is 12.0 Å². The van der Waals surface area contributed by atoms with Crippen LogP contribution in [0.1, 0.15) is 31.4 Å². The number of halogens is 1. The Hall–Kier alpha value is -1.73. The number of hydrogen-bond acceptors (Lipinski definition) is 1. The zero-order chi connectivity index (χ0) is 15.4. The van der Waals surface area contributed by atoms with Gasteiger partial charge in [-0.15, -0.1) is 0 Å². The maximum atomic E-state index is 6.01. The maximum Gasteiger partial charge on any atom is 0.0406 e. The third kappa shape index (κ3) is 3.48. The average molecular weight is 300 g/mol. The van der Waals surface area contributed by atoms with Gasteiger partial charge in [-0.25, -0.2) is 0 Å². The lowest BCUT2D eigenvalue weighted by Gasteiger charge is -2.16. The number of allylic oxidation sites excluding steroid dienone is 2. The van der Waals surface area contributed by atoms with Crippen molar-refractivity contribution >= 4 is 17.2 Å². The Morgan fingerprint density at radius 3 is 2.33 bits per heavy atom. The SMILES string of the molecule is CC/C(=C(\C)NC)c1cc(C)ccc1-c1ccc(Cl)cc1. The summed E-state index contributed by atoms with van der Waals surface area (Å²) < 4.78 is 0. The van der Waals surface area contributed by atoms with Gasteiger partial charge in [0.2, 0.25) is 0 Å². The Kier molecular flexibility index (Phi) is 5.08. The molecule has 0 radical (unpaired) electrons. The summed E-state index contributed by atoms with van der Waals surface area (Å²) in [5, 5.41) is 4.05. The van der Waals surface area contributed by atoms with Gasteiger partial charge >= 0.3 is 0 Å². The van der Waals surface area contributed by atoms with Gasteiger partial charge in [-0.2, -0.15) is 0 Å². The van der Waals surface area contributed by atoms with Crippen molar-refractivity contribution in [3.63, 3.8) is 0 Å². The first-order chi connectivity index (χ1) is 10.1. The summed E-state index contributed by atoms with van der Waals surface area (Å²) in [6.07, 6.45) is 0.997. The van der Waals surface area contributed by atoms with Gasteiger partial charge < -0.3 is 5.32 Å². The Morgan fingerprint density at radius 1 is 1.10 bits per heavy atom. The molecule has 0 spiro atoms. The minimum atomic E-state index is 0.769. The molecule has 0 fully saturated rings. The molecule has 0 amide bonds. The van der Waals surface area contributed by atoms with Gasteiger partial charge in [0.05, 0.1) is 0 Å². The lowest BCUT2D eigenvalue weighted by Crippen LogP contribution is -2.06. The van der Waals surface area contributed by atoms with E-state index in [4.69, 9.17) is 11.6 Å². The van der Waals surface area contributed by atoms with Crippen LogP contribution in [0.15, 0.2) is 48.2 Å². The molecular weight excluding hydrogens is 278 g/mol. The van der Waals surface area contributed by atoms with Crippen LogP contribution in [-0.2, 0) is 0 Å². The van der Waals surface area contributed by atoms with Crippen LogP contribution in [0.25, 0.3) is 16.7 Å². The Labute approximate surface area is 132 Å². The fourth-order valence-electron chi connectivity index (χ4n) is 2.60. The van der Waals surface area contributed by atoms with Crippen molar-refractivity contribution in [2.24, 2.45) is 0 Å². The smallest absolute Gasteiger partial charge is 0.0406 e. The van der Waals surface area contributed by atoms with Gasteiger partial charge in [0.25, 0.3) is 0 Å². The highest BCUT2D eigenvalue weighted by atomic mass is 35.5. The summed E-state index contributed by atoms with van der Waals surface area (Å²) in [6, 6.07) is 14.7. The molecule has 0 bridgehead atoms. The molecule has 0 aliphatic heterocycles. The van der Waals surface area contributed by atoms with Crippen LogP contribution >= 0.6 is 11.6 Å². The van der Waals surface area contributed by atoms with Crippen molar-refractivity contribution in [2.75, 3.05) is 7.05 Å². The highest BCUT2D eigenvalue weighted by Crippen LogP contribution is 2.33. The van der Waals surface area contributed by atoms with Gasteiger partial charge in [0, 0.05) is 17.8 Å². The maximum absolute atomic E-state index is 6.01. The summed E-state index contributed by atoms with van der Waals surface area (Å²) in [4.78, 5) is 0. The molecule has 0 saturated heterocycles. The molecular formula is C19H22ClN. The van der Waals surface area contributed by atoms with E-state index in [0.29, 0.717) is 0 Å². The lowest BCUT2D eigenvalue weighted by molar-refractivity contribution is 0.977. The number of aryl methyl sites for hydroxylation is 1. The molecule has 2 aromatic carbocycles. The minimum absolute atomic E-state index is 0.769. The monoisotopic (exact) mass is 299 g/mol. The molecule has 2 rings (SSSR count). The largest absolute Gasteiger partial charge is 0.391 e. The Balaban J connectivity index is 2.65. The third-order valence-corrected chi connectivity index (χ3v) is 4.09. The molecule has 21 heavy (non-hydrogen) atoms. The number of nitrogens with one attached hydrogen (secondary N) is 1. The molecule has 0 aromatic heterocycles. The van der Waals surface area contributed by atoms with Gasteiger partial charge in [-0.1, -0.05) is 54.4 Å². The average Bonchev–Trinajstić information content (AvgIpc) is 2.49. The van der Waals surface area contributed by atoms with Crippen molar-refractivity contribution < 1.29 is 0 Å². The molecule has 0 heterocycles. The van der Waals surface area contributed by atoms with Crippen LogP contribution in [0, 0.1) is 6.92 Å². The Bertz CT molecular complexity index is 654. The standard InChI is InChI=1S/C19H22ClN/c1-5-17(14(3)21-4)19-12-13(2)6-11-18(19)15-7-9-16(20)10-8-15/h6-12,21H,5H2,1-4H3/b17-14-. The van der Waals surface area contributed by atoms with E-state index in [1.807, 2.05) is 19.2 Å².